The van der Waals surface area contributed by atoms with E-state index in [-0.39, 0.29) is 17.9 Å². The molecule has 150 valence electrons. The summed E-state index contributed by atoms with van der Waals surface area (Å²) in [6, 6.07) is 15.2. The molecule has 2 unspecified atom stereocenters. The summed E-state index contributed by atoms with van der Waals surface area (Å²) in [6.45, 7) is 2.84. The summed E-state index contributed by atoms with van der Waals surface area (Å²) in [5.74, 6) is -0.424. The Bertz CT molecular complexity index is 1050. The fourth-order valence-corrected chi connectivity index (χ4v) is 4.41. The van der Waals surface area contributed by atoms with E-state index in [0.29, 0.717) is 12.1 Å². The summed E-state index contributed by atoms with van der Waals surface area (Å²) < 4.78 is 0. The first kappa shape index (κ1) is 19.2. The summed E-state index contributed by atoms with van der Waals surface area (Å²) in [5.41, 5.74) is 3.42. The number of para-hydroxylation sites is 1. The SMILES string of the molecule is CCCCN(C)C(=O)C1c2ccccc2C(=O)N(C)C1c1c[nH]c2ccccc12. The number of carbonyl (C=O) groups is 2. The first-order valence-electron chi connectivity index (χ1n) is 10.2. The number of carbonyl (C=O) groups excluding carboxylic acids is 2. The van der Waals surface area contributed by atoms with Gasteiger partial charge in [0.1, 0.15) is 0 Å². The van der Waals surface area contributed by atoms with Gasteiger partial charge in [-0.3, -0.25) is 9.59 Å². The topological polar surface area (TPSA) is 56.4 Å². The Morgan fingerprint density at radius 1 is 1.10 bits per heavy atom. The van der Waals surface area contributed by atoms with Crippen LogP contribution >= 0.6 is 0 Å². The molecule has 5 nitrogen and oxygen atoms in total. The largest absolute Gasteiger partial charge is 0.361 e. The lowest BCUT2D eigenvalue weighted by Gasteiger charge is -2.40. The molecule has 0 aliphatic carbocycles. The standard InChI is InChI=1S/C24H27N3O2/c1-4-5-14-26(2)24(29)21-17-11-6-7-12-18(17)23(28)27(3)22(21)19-15-25-20-13-9-8-10-16(19)20/h6-13,15,21-22,25H,4-5,14H2,1-3H3. The normalized spacial score (nSPS) is 18.7. The third kappa shape index (κ3) is 3.20. The lowest BCUT2D eigenvalue weighted by atomic mass is 9.79. The van der Waals surface area contributed by atoms with Crippen molar-refractivity contribution in [1.82, 2.24) is 14.8 Å². The molecule has 0 saturated heterocycles. The van der Waals surface area contributed by atoms with Gasteiger partial charge in [-0.25, -0.2) is 0 Å². The summed E-state index contributed by atoms with van der Waals surface area (Å²) >= 11 is 0. The van der Waals surface area contributed by atoms with Gasteiger partial charge in [0, 0.05) is 48.9 Å². The highest BCUT2D eigenvalue weighted by atomic mass is 16.2. The number of rotatable bonds is 5. The van der Waals surface area contributed by atoms with Crippen molar-refractivity contribution in [3.05, 3.63) is 71.4 Å². The van der Waals surface area contributed by atoms with Crippen molar-refractivity contribution in [2.24, 2.45) is 0 Å². The van der Waals surface area contributed by atoms with E-state index in [0.717, 1.165) is 34.9 Å². The predicted molar refractivity (Wildman–Crippen MR) is 115 cm³/mol. The summed E-state index contributed by atoms with van der Waals surface area (Å²) in [5, 5.41) is 1.05. The fourth-order valence-electron chi connectivity index (χ4n) is 4.41. The Balaban J connectivity index is 1.87. The lowest BCUT2D eigenvalue weighted by Crippen LogP contribution is -2.46. The van der Waals surface area contributed by atoms with Crippen LogP contribution in [-0.4, -0.2) is 47.2 Å². The molecule has 0 fully saturated rings. The summed E-state index contributed by atoms with van der Waals surface area (Å²) in [4.78, 5) is 33.6. The van der Waals surface area contributed by atoms with Crippen molar-refractivity contribution < 1.29 is 9.59 Å². The highest BCUT2D eigenvalue weighted by Gasteiger charge is 2.44. The van der Waals surface area contributed by atoms with E-state index in [9.17, 15) is 9.59 Å². The van der Waals surface area contributed by atoms with Gasteiger partial charge >= 0.3 is 0 Å². The van der Waals surface area contributed by atoms with Crippen LogP contribution in [0.2, 0.25) is 0 Å². The van der Waals surface area contributed by atoms with Gasteiger partial charge in [0.15, 0.2) is 0 Å². The Hall–Kier alpha value is -3.08. The molecule has 29 heavy (non-hydrogen) atoms. The van der Waals surface area contributed by atoms with Crippen LogP contribution in [0, 0.1) is 0 Å². The van der Waals surface area contributed by atoms with Crippen molar-refractivity contribution in [1.29, 1.82) is 0 Å². The zero-order valence-corrected chi connectivity index (χ0v) is 17.2. The van der Waals surface area contributed by atoms with Gasteiger partial charge in [-0.15, -0.1) is 0 Å². The van der Waals surface area contributed by atoms with E-state index in [1.807, 2.05) is 66.7 Å². The maximum Gasteiger partial charge on any atom is 0.254 e. The molecule has 1 aromatic heterocycles. The zero-order chi connectivity index (χ0) is 20.5. The molecule has 2 heterocycles. The van der Waals surface area contributed by atoms with Crippen LogP contribution in [0.15, 0.2) is 54.7 Å². The molecular weight excluding hydrogens is 362 g/mol. The first-order chi connectivity index (χ1) is 14.0. The summed E-state index contributed by atoms with van der Waals surface area (Å²) in [7, 11) is 3.67. The Kier molecular flexibility index (Phi) is 5.14. The number of benzene rings is 2. The van der Waals surface area contributed by atoms with Gasteiger partial charge in [-0.1, -0.05) is 49.7 Å². The molecule has 0 bridgehead atoms. The van der Waals surface area contributed by atoms with E-state index < -0.39 is 5.92 Å². The molecule has 2 atom stereocenters. The van der Waals surface area contributed by atoms with Gasteiger partial charge in [-0.2, -0.15) is 0 Å². The number of aromatic nitrogens is 1. The number of nitrogens with zero attached hydrogens (tertiary/aromatic N) is 2. The molecular formula is C24H27N3O2. The van der Waals surface area contributed by atoms with E-state index in [1.165, 1.54) is 0 Å². The Morgan fingerprint density at radius 3 is 2.62 bits per heavy atom. The molecule has 5 heteroatoms. The second-order valence-electron chi connectivity index (χ2n) is 7.83. The van der Waals surface area contributed by atoms with Crippen molar-refractivity contribution in [2.75, 3.05) is 20.6 Å². The van der Waals surface area contributed by atoms with E-state index in [1.54, 1.807) is 11.9 Å². The van der Waals surface area contributed by atoms with E-state index in [4.69, 9.17) is 0 Å². The molecule has 0 spiro atoms. The lowest BCUT2D eigenvalue weighted by molar-refractivity contribution is -0.133. The molecule has 3 aromatic rings. The highest BCUT2D eigenvalue weighted by molar-refractivity contribution is 6.02. The second-order valence-corrected chi connectivity index (χ2v) is 7.83. The maximum absolute atomic E-state index is 13.6. The van der Waals surface area contributed by atoms with Crippen LogP contribution in [0.5, 0.6) is 0 Å². The molecule has 1 N–H and O–H groups in total. The van der Waals surface area contributed by atoms with Gasteiger partial charge in [-0.05, 0) is 24.1 Å². The average Bonchev–Trinajstić information content (AvgIpc) is 3.17. The predicted octanol–water partition coefficient (Wildman–Crippen LogP) is 4.34. The van der Waals surface area contributed by atoms with Crippen molar-refractivity contribution >= 4 is 22.7 Å². The Morgan fingerprint density at radius 2 is 1.83 bits per heavy atom. The van der Waals surface area contributed by atoms with E-state index >= 15 is 0 Å². The molecule has 2 amide bonds. The van der Waals surface area contributed by atoms with Crippen LogP contribution in [0.25, 0.3) is 10.9 Å². The van der Waals surface area contributed by atoms with Crippen molar-refractivity contribution in [3.63, 3.8) is 0 Å². The Labute approximate surface area is 171 Å². The molecule has 1 aliphatic heterocycles. The fraction of sp³-hybridized carbons (Fsp3) is 0.333. The van der Waals surface area contributed by atoms with Gasteiger partial charge in [0.25, 0.3) is 5.91 Å². The van der Waals surface area contributed by atoms with Gasteiger partial charge in [0.2, 0.25) is 5.91 Å². The number of H-pyrrole nitrogens is 1. The third-order valence-electron chi connectivity index (χ3n) is 6.01. The zero-order valence-electron chi connectivity index (χ0n) is 17.2. The van der Waals surface area contributed by atoms with Crippen LogP contribution in [0.1, 0.15) is 53.2 Å². The first-order valence-corrected chi connectivity index (χ1v) is 10.2. The van der Waals surface area contributed by atoms with Gasteiger partial charge < -0.3 is 14.8 Å². The maximum atomic E-state index is 13.6. The number of aromatic amines is 1. The van der Waals surface area contributed by atoms with E-state index in [2.05, 4.69) is 11.9 Å². The van der Waals surface area contributed by atoms with Crippen LogP contribution < -0.4 is 0 Å². The monoisotopic (exact) mass is 389 g/mol. The van der Waals surface area contributed by atoms with Gasteiger partial charge in [0.05, 0.1) is 12.0 Å². The molecule has 0 radical (unpaired) electrons. The number of amides is 2. The minimum Gasteiger partial charge on any atom is -0.361 e. The molecule has 0 saturated carbocycles. The van der Waals surface area contributed by atoms with Crippen LogP contribution in [0.4, 0.5) is 0 Å². The third-order valence-corrected chi connectivity index (χ3v) is 6.01. The molecule has 1 aliphatic rings. The minimum absolute atomic E-state index is 0.0452. The summed E-state index contributed by atoms with van der Waals surface area (Å²) in [6.07, 6.45) is 3.94. The average molecular weight is 389 g/mol. The number of hydrogen-bond donors (Lipinski definition) is 1. The highest BCUT2D eigenvalue weighted by Crippen LogP contribution is 2.44. The van der Waals surface area contributed by atoms with Crippen LogP contribution in [0.3, 0.4) is 0 Å². The second kappa shape index (κ2) is 7.74. The minimum atomic E-state index is -0.435. The van der Waals surface area contributed by atoms with Crippen molar-refractivity contribution in [2.45, 2.75) is 31.7 Å². The number of fused-ring (bicyclic) bond motifs is 2. The quantitative estimate of drug-likeness (QED) is 0.706. The smallest absolute Gasteiger partial charge is 0.254 e. The number of unbranched alkanes of at least 4 members (excludes halogenated alkanes) is 1. The van der Waals surface area contributed by atoms with Crippen LogP contribution in [-0.2, 0) is 4.79 Å². The van der Waals surface area contributed by atoms with Crippen molar-refractivity contribution in [3.8, 4) is 0 Å². The number of hydrogen-bond acceptors (Lipinski definition) is 2. The molecule has 4 rings (SSSR count). The number of likely N-dealkylation sites (N-methyl/N-ethyl adjacent to an activating group) is 2. The molecule has 2 aromatic carbocycles. The number of nitrogens with one attached hydrogen (secondary N) is 1.